The molecule has 0 saturated carbocycles. The van der Waals surface area contributed by atoms with Gasteiger partial charge in [0.1, 0.15) is 0 Å². The SMILES string of the molecule is CNC(Cc1ccsc1)c1c(OC)cnn1CCN(C)C. The fourth-order valence-corrected chi connectivity index (χ4v) is 3.02. The van der Waals surface area contributed by atoms with E-state index >= 15 is 0 Å². The predicted molar refractivity (Wildman–Crippen MR) is 87.2 cm³/mol. The maximum Gasteiger partial charge on any atom is 0.161 e. The fourth-order valence-electron chi connectivity index (χ4n) is 2.34. The third kappa shape index (κ3) is 4.06. The van der Waals surface area contributed by atoms with Crippen LogP contribution in [-0.4, -0.2) is 49.5 Å². The molecule has 21 heavy (non-hydrogen) atoms. The van der Waals surface area contributed by atoms with Gasteiger partial charge in [0.15, 0.2) is 5.75 Å². The summed E-state index contributed by atoms with van der Waals surface area (Å²) in [6, 6.07) is 2.36. The second-order valence-electron chi connectivity index (χ2n) is 5.30. The third-order valence-electron chi connectivity index (χ3n) is 3.52. The summed E-state index contributed by atoms with van der Waals surface area (Å²) < 4.78 is 7.55. The molecular weight excluding hydrogens is 284 g/mol. The van der Waals surface area contributed by atoms with Gasteiger partial charge in [-0.1, -0.05) is 0 Å². The zero-order valence-electron chi connectivity index (χ0n) is 13.2. The molecule has 0 fully saturated rings. The van der Waals surface area contributed by atoms with Crippen LogP contribution in [0.3, 0.4) is 0 Å². The standard InChI is InChI=1S/C15H24N4OS/c1-16-13(9-12-5-8-21-11-12)15-14(20-4)10-17-19(15)7-6-18(2)3/h5,8,10-11,13,16H,6-7,9H2,1-4H3. The summed E-state index contributed by atoms with van der Waals surface area (Å²) in [4.78, 5) is 2.16. The van der Waals surface area contributed by atoms with Crippen molar-refractivity contribution in [3.8, 4) is 5.75 Å². The second-order valence-corrected chi connectivity index (χ2v) is 6.08. The number of rotatable bonds is 8. The molecule has 0 spiro atoms. The predicted octanol–water partition coefficient (Wildman–Crippen LogP) is 2.02. The van der Waals surface area contributed by atoms with Crippen LogP contribution < -0.4 is 10.1 Å². The first kappa shape index (κ1) is 16.0. The molecule has 2 heterocycles. The first-order valence-electron chi connectivity index (χ1n) is 7.08. The monoisotopic (exact) mass is 308 g/mol. The molecular formula is C15H24N4OS. The number of hydrogen-bond acceptors (Lipinski definition) is 5. The Morgan fingerprint density at radius 2 is 2.29 bits per heavy atom. The average Bonchev–Trinajstić information content (AvgIpc) is 3.11. The second kappa shape index (κ2) is 7.59. The van der Waals surface area contributed by atoms with Gasteiger partial charge >= 0.3 is 0 Å². The average molecular weight is 308 g/mol. The van der Waals surface area contributed by atoms with Crippen molar-refractivity contribution in [2.45, 2.75) is 19.0 Å². The molecule has 0 aliphatic rings. The van der Waals surface area contributed by atoms with Crippen molar-refractivity contribution in [3.05, 3.63) is 34.3 Å². The molecule has 1 unspecified atom stereocenters. The molecule has 6 heteroatoms. The van der Waals surface area contributed by atoms with Crippen LogP contribution in [0.25, 0.3) is 0 Å². The van der Waals surface area contributed by atoms with E-state index in [4.69, 9.17) is 4.74 Å². The van der Waals surface area contributed by atoms with Crippen molar-refractivity contribution in [2.75, 3.05) is 34.8 Å². The van der Waals surface area contributed by atoms with E-state index in [0.29, 0.717) is 0 Å². The summed E-state index contributed by atoms with van der Waals surface area (Å²) >= 11 is 1.73. The molecule has 2 aromatic heterocycles. The summed E-state index contributed by atoms with van der Waals surface area (Å²) in [5.74, 6) is 0.850. The maximum atomic E-state index is 5.50. The van der Waals surface area contributed by atoms with Crippen LogP contribution in [0.2, 0.25) is 0 Å². The maximum absolute atomic E-state index is 5.50. The van der Waals surface area contributed by atoms with Gasteiger partial charge in [0.05, 0.1) is 31.6 Å². The Hall–Kier alpha value is -1.37. The van der Waals surface area contributed by atoms with Gasteiger partial charge in [0.25, 0.3) is 0 Å². The van der Waals surface area contributed by atoms with Crippen molar-refractivity contribution in [2.24, 2.45) is 0 Å². The lowest BCUT2D eigenvalue weighted by Crippen LogP contribution is -2.26. The van der Waals surface area contributed by atoms with Crippen LogP contribution in [0.4, 0.5) is 0 Å². The highest BCUT2D eigenvalue weighted by atomic mass is 32.1. The summed E-state index contributed by atoms with van der Waals surface area (Å²) in [7, 11) is 7.83. The quantitative estimate of drug-likeness (QED) is 0.810. The van der Waals surface area contributed by atoms with Crippen molar-refractivity contribution in [3.63, 3.8) is 0 Å². The third-order valence-corrected chi connectivity index (χ3v) is 4.25. The van der Waals surface area contributed by atoms with Crippen molar-refractivity contribution in [1.29, 1.82) is 0 Å². The van der Waals surface area contributed by atoms with Crippen LogP contribution in [0.5, 0.6) is 5.75 Å². The van der Waals surface area contributed by atoms with Crippen LogP contribution >= 0.6 is 11.3 Å². The van der Waals surface area contributed by atoms with Crippen molar-refractivity contribution in [1.82, 2.24) is 20.0 Å². The number of ether oxygens (including phenoxy) is 1. The van der Waals surface area contributed by atoms with E-state index in [-0.39, 0.29) is 6.04 Å². The first-order valence-corrected chi connectivity index (χ1v) is 8.02. The topological polar surface area (TPSA) is 42.3 Å². The van der Waals surface area contributed by atoms with E-state index in [1.165, 1.54) is 5.56 Å². The largest absolute Gasteiger partial charge is 0.493 e. The van der Waals surface area contributed by atoms with Crippen LogP contribution in [0, 0.1) is 0 Å². The van der Waals surface area contributed by atoms with Crippen LogP contribution in [-0.2, 0) is 13.0 Å². The Balaban J connectivity index is 2.23. The normalized spacial score (nSPS) is 12.8. The van der Waals surface area contributed by atoms with Crippen LogP contribution in [0.1, 0.15) is 17.3 Å². The number of nitrogens with one attached hydrogen (secondary N) is 1. The molecule has 0 saturated heterocycles. The minimum Gasteiger partial charge on any atom is -0.493 e. The number of hydrogen-bond donors (Lipinski definition) is 1. The van der Waals surface area contributed by atoms with E-state index in [1.807, 2.05) is 17.9 Å². The Morgan fingerprint density at radius 1 is 1.48 bits per heavy atom. The lowest BCUT2D eigenvalue weighted by Gasteiger charge is -2.20. The van der Waals surface area contributed by atoms with E-state index in [2.05, 4.69) is 46.2 Å². The van der Waals surface area contributed by atoms with Crippen LogP contribution in [0.15, 0.2) is 23.0 Å². The lowest BCUT2D eigenvalue weighted by atomic mass is 10.1. The van der Waals surface area contributed by atoms with Crippen molar-refractivity contribution >= 4 is 11.3 Å². The Bertz CT molecular complexity index is 536. The molecule has 5 nitrogen and oxygen atoms in total. The van der Waals surface area contributed by atoms with Gasteiger partial charge in [-0.05, 0) is 50.0 Å². The van der Waals surface area contributed by atoms with E-state index in [9.17, 15) is 0 Å². The van der Waals surface area contributed by atoms with E-state index in [0.717, 1.165) is 31.0 Å². The van der Waals surface area contributed by atoms with Gasteiger partial charge in [-0.3, -0.25) is 4.68 Å². The summed E-state index contributed by atoms with van der Waals surface area (Å²) in [5.41, 5.74) is 2.45. The Morgan fingerprint density at radius 3 is 2.86 bits per heavy atom. The smallest absolute Gasteiger partial charge is 0.161 e. The highest BCUT2D eigenvalue weighted by Crippen LogP contribution is 2.28. The molecule has 116 valence electrons. The summed E-state index contributed by atoms with van der Waals surface area (Å²) in [6.07, 6.45) is 2.74. The molecule has 0 aliphatic heterocycles. The van der Waals surface area contributed by atoms with E-state index < -0.39 is 0 Å². The van der Waals surface area contributed by atoms with Gasteiger partial charge in [-0.15, -0.1) is 0 Å². The first-order chi connectivity index (χ1) is 10.2. The van der Waals surface area contributed by atoms with Gasteiger partial charge in [0, 0.05) is 6.54 Å². The minimum atomic E-state index is 0.194. The lowest BCUT2D eigenvalue weighted by molar-refractivity contribution is 0.356. The molecule has 0 radical (unpaired) electrons. The molecule has 2 rings (SSSR count). The van der Waals surface area contributed by atoms with E-state index in [1.54, 1.807) is 18.4 Å². The molecule has 0 bridgehead atoms. The van der Waals surface area contributed by atoms with Gasteiger partial charge in [-0.25, -0.2) is 0 Å². The molecule has 0 aliphatic carbocycles. The number of nitrogens with zero attached hydrogens (tertiary/aromatic N) is 3. The zero-order valence-corrected chi connectivity index (χ0v) is 14.0. The summed E-state index contributed by atoms with van der Waals surface area (Å²) in [6.45, 7) is 1.81. The molecule has 1 N–H and O–H groups in total. The zero-order chi connectivity index (χ0) is 15.2. The summed E-state index contributed by atoms with van der Waals surface area (Å²) in [5, 5.41) is 12.2. The molecule has 0 amide bonds. The highest BCUT2D eigenvalue weighted by molar-refractivity contribution is 7.07. The Kier molecular flexibility index (Phi) is 5.78. The number of methoxy groups -OCH3 is 1. The Labute approximate surface area is 130 Å². The van der Waals surface area contributed by atoms with Gasteiger partial charge < -0.3 is 15.0 Å². The number of likely N-dealkylation sites (N-methyl/N-ethyl adjacent to an activating group) is 2. The fraction of sp³-hybridized carbons (Fsp3) is 0.533. The number of thiophene rings is 1. The molecule has 2 aromatic rings. The molecule has 0 aromatic carbocycles. The highest BCUT2D eigenvalue weighted by Gasteiger charge is 2.21. The minimum absolute atomic E-state index is 0.194. The van der Waals surface area contributed by atoms with Gasteiger partial charge in [-0.2, -0.15) is 16.4 Å². The molecule has 1 atom stereocenters. The van der Waals surface area contributed by atoms with Gasteiger partial charge in [0.2, 0.25) is 0 Å². The number of aromatic nitrogens is 2. The van der Waals surface area contributed by atoms with Crippen molar-refractivity contribution < 1.29 is 4.74 Å².